The van der Waals surface area contributed by atoms with Gasteiger partial charge in [0, 0.05) is 13.5 Å². The van der Waals surface area contributed by atoms with Crippen LogP contribution in [-0.4, -0.2) is 34.0 Å². The fourth-order valence-electron chi connectivity index (χ4n) is 1.95. The highest BCUT2D eigenvalue weighted by Crippen LogP contribution is 2.25. The van der Waals surface area contributed by atoms with E-state index >= 15 is 0 Å². The Hall–Kier alpha value is -1.06. The molecule has 0 saturated heterocycles. The second kappa shape index (κ2) is 5.73. The molecule has 0 aromatic carbocycles. The zero-order valence-electron chi connectivity index (χ0n) is 10.0. The van der Waals surface area contributed by atoms with Crippen LogP contribution in [0.2, 0.25) is 0 Å². The summed E-state index contributed by atoms with van der Waals surface area (Å²) in [5.41, 5.74) is -1.03. The molecule has 0 atom stereocenters. The lowest BCUT2D eigenvalue weighted by Gasteiger charge is -2.39. The van der Waals surface area contributed by atoms with E-state index < -0.39 is 11.5 Å². The minimum Gasteiger partial charge on any atom is -0.479 e. The third kappa shape index (κ3) is 2.70. The van der Waals surface area contributed by atoms with Crippen LogP contribution in [0.4, 0.5) is 0 Å². The monoisotopic (exact) mass is 215 g/mol. The van der Waals surface area contributed by atoms with Crippen molar-refractivity contribution in [2.45, 2.75) is 52.5 Å². The molecule has 88 valence electrons. The summed E-state index contributed by atoms with van der Waals surface area (Å²) in [7, 11) is 0. The molecule has 0 aromatic rings. The molecule has 0 aliphatic heterocycles. The summed E-state index contributed by atoms with van der Waals surface area (Å²) in [5, 5.41) is 9.28. The number of amides is 1. The number of aliphatic carboxylic acids is 1. The number of hydrogen-bond acceptors (Lipinski definition) is 2. The van der Waals surface area contributed by atoms with Gasteiger partial charge in [-0.3, -0.25) is 4.79 Å². The van der Waals surface area contributed by atoms with Crippen LogP contribution in [0.5, 0.6) is 0 Å². The highest BCUT2D eigenvalue weighted by atomic mass is 16.4. The van der Waals surface area contributed by atoms with Gasteiger partial charge >= 0.3 is 5.97 Å². The first-order valence-electron chi connectivity index (χ1n) is 5.47. The summed E-state index contributed by atoms with van der Waals surface area (Å²) >= 11 is 0. The molecule has 4 heteroatoms. The van der Waals surface area contributed by atoms with Crippen molar-refractivity contribution in [2.24, 2.45) is 0 Å². The quantitative estimate of drug-likeness (QED) is 0.736. The first-order chi connectivity index (χ1) is 6.96. The number of carboxylic acid groups (broad SMARTS) is 1. The van der Waals surface area contributed by atoms with Crippen molar-refractivity contribution in [3.8, 4) is 0 Å². The minimum atomic E-state index is -1.03. The van der Waals surface area contributed by atoms with Crippen LogP contribution in [0.25, 0.3) is 0 Å². The highest BCUT2D eigenvalue weighted by molar-refractivity contribution is 5.86. The lowest BCUT2D eigenvalue weighted by atomic mass is 9.90. The molecule has 0 spiro atoms. The minimum absolute atomic E-state index is 0.164. The van der Waals surface area contributed by atoms with Crippen molar-refractivity contribution < 1.29 is 14.7 Å². The molecule has 0 saturated carbocycles. The standard InChI is InChI=1S/C11H21NO3/c1-5-8-12(9(4)13)11(6-2,7-3)10(14)15/h5-8H2,1-4H3,(H,14,15). The molecule has 0 fully saturated rings. The summed E-state index contributed by atoms with van der Waals surface area (Å²) in [6.07, 6.45) is 1.66. The number of carbonyl (C=O) groups excluding carboxylic acids is 1. The van der Waals surface area contributed by atoms with E-state index in [4.69, 9.17) is 0 Å². The Morgan fingerprint density at radius 1 is 1.20 bits per heavy atom. The molecule has 0 aromatic heterocycles. The molecular formula is C11H21NO3. The molecule has 0 unspecified atom stereocenters. The van der Waals surface area contributed by atoms with Gasteiger partial charge in [-0.1, -0.05) is 20.8 Å². The molecule has 0 aliphatic rings. The Bertz CT molecular complexity index is 234. The van der Waals surface area contributed by atoms with Gasteiger partial charge < -0.3 is 10.0 Å². The molecule has 4 nitrogen and oxygen atoms in total. The Kier molecular flexibility index (Phi) is 5.33. The summed E-state index contributed by atoms with van der Waals surface area (Å²) in [6.45, 7) is 7.49. The van der Waals surface area contributed by atoms with Crippen LogP contribution >= 0.6 is 0 Å². The molecular weight excluding hydrogens is 194 g/mol. The summed E-state index contributed by atoms with van der Waals surface area (Å²) in [6, 6.07) is 0. The van der Waals surface area contributed by atoms with Crippen molar-refractivity contribution in [3.63, 3.8) is 0 Å². The normalized spacial score (nSPS) is 11.2. The number of nitrogens with zero attached hydrogens (tertiary/aromatic N) is 1. The molecule has 0 aliphatic carbocycles. The summed E-state index contributed by atoms with van der Waals surface area (Å²) in [4.78, 5) is 24.3. The molecule has 1 amide bonds. The number of carboxylic acids is 1. The van der Waals surface area contributed by atoms with E-state index in [1.807, 2.05) is 20.8 Å². The maximum atomic E-state index is 11.5. The Morgan fingerprint density at radius 2 is 1.67 bits per heavy atom. The van der Waals surface area contributed by atoms with Crippen molar-refractivity contribution in [1.29, 1.82) is 0 Å². The third-order valence-corrected chi connectivity index (χ3v) is 2.91. The first kappa shape index (κ1) is 13.9. The maximum absolute atomic E-state index is 11.5. The largest absolute Gasteiger partial charge is 0.479 e. The van der Waals surface area contributed by atoms with E-state index in [-0.39, 0.29) is 5.91 Å². The van der Waals surface area contributed by atoms with E-state index in [1.165, 1.54) is 11.8 Å². The average molecular weight is 215 g/mol. The molecule has 0 bridgehead atoms. The van der Waals surface area contributed by atoms with Gasteiger partial charge in [0.2, 0.25) is 5.91 Å². The third-order valence-electron chi connectivity index (χ3n) is 2.91. The Balaban J connectivity index is 5.15. The van der Waals surface area contributed by atoms with Gasteiger partial charge in [0.15, 0.2) is 0 Å². The Morgan fingerprint density at radius 3 is 1.87 bits per heavy atom. The van der Waals surface area contributed by atoms with Gasteiger partial charge in [0.25, 0.3) is 0 Å². The van der Waals surface area contributed by atoms with Crippen LogP contribution in [0.3, 0.4) is 0 Å². The van der Waals surface area contributed by atoms with Gasteiger partial charge in [0.1, 0.15) is 5.54 Å². The zero-order chi connectivity index (χ0) is 12.1. The maximum Gasteiger partial charge on any atom is 0.329 e. The number of carbonyl (C=O) groups is 2. The lowest BCUT2D eigenvalue weighted by Crippen LogP contribution is -2.56. The Labute approximate surface area is 91.3 Å². The van der Waals surface area contributed by atoms with Gasteiger partial charge in [-0.05, 0) is 19.3 Å². The topological polar surface area (TPSA) is 57.6 Å². The first-order valence-corrected chi connectivity index (χ1v) is 5.47. The summed E-state index contributed by atoms with van der Waals surface area (Å²) in [5.74, 6) is -1.07. The molecule has 0 radical (unpaired) electrons. The van der Waals surface area contributed by atoms with Gasteiger partial charge in [-0.15, -0.1) is 0 Å². The van der Waals surface area contributed by atoms with Crippen LogP contribution in [0, 0.1) is 0 Å². The fourth-order valence-corrected chi connectivity index (χ4v) is 1.95. The van der Waals surface area contributed by atoms with E-state index in [9.17, 15) is 14.7 Å². The van der Waals surface area contributed by atoms with Crippen LogP contribution in [-0.2, 0) is 9.59 Å². The van der Waals surface area contributed by atoms with E-state index in [0.29, 0.717) is 19.4 Å². The predicted molar refractivity (Wildman–Crippen MR) is 58.6 cm³/mol. The second-order valence-electron chi connectivity index (χ2n) is 3.71. The van der Waals surface area contributed by atoms with Crippen LogP contribution in [0.1, 0.15) is 47.0 Å². The summed E-state index contributed by atoms with van der Waals surface area (Å²) < 4.78 is 0. The number of hydrogen-bond donors (Lipinski definition) is 1. The smallest absolute Gasteiger partial charge is 0.329 e. The molecule has 15 heavy (non-hydrogen) atoms. The molecule has 1 N–H and O–H groups in total. The lowest BCUT2D eigenvalue weighted by molar-refractivity contribution is -0.159. The predicted octanol–water partition coefficient (Wildman–Crippen LogP) is 1.89. The SMILES string of the molecule is CCCN(C(C)=O)C(CC)(CC)C(=O)O. The van der Waals surface area contributed by atoms with E-state index in [2.05, 4.69) is 0 Å². The van der Waals surface area contributed by atoms with Gasteiger partial charge in [-0.2, -0.15) is 0 Å². The van der Waals surface area contributed by atoms with Gasteiger partial charge in [0.05, 0.1) is 0 Å². The highest BCUT2D eigenvalue weighted by Gasteiger charge is 2.42. The van der Waals surface area contributed by atoms with Crippen LogP contribution in [0.15, 0.2) is 0 Å². The van der Waals surface area contributed by atoms with Crippen molar-refractivity contribution >= 4 is 11.9 Å². The zero-order valence-corrected chi connectivity index (χ0v) is 10.0. The second-order valence-corrected chi connectivity index (χ2v) is 3.71. The van der Waals surface area contributed by atoms with Crippen molar-refractivity contribution in [1.82, 2.24) is 4.90 Å². The van der Waals surface area contributed by atoms with Gasteiger partial charge in [-0.25, -0.2) is 4.79 Å². The van der Waals surface area contributed by atoms with Crippen molar-refractivity contribution in [3.05, 3.63) is 0 Å². The fraction of sp³-hybridized carbons (Fsp3) is 0.818. The van der Waals surface area contributed by atoms with E-state index in [0.717, 1.165) is 6.42 Å². The van der Waals surface area contributed by atoms with Crippen molar-refractivity contribution in [2.75, 3.05) is 6.54 Å². The van der Waals surface area contributed by atoms with E-state index in [1.54, 1.807) is 0 Å². The number of rotatable bonds is 6. The molecule has 0 rings (SSSR count). The molecule has 0 heterocycles. The average Bonchev–Trinajstić information content (AvgIpc) is 2.18. The van der Waals surface area contributed by atoms with Crippen LogP contribution < -0.4 is 0 Å².